The van der Waals surface area contributed by atoms with Crippen molar-refractivity contribution >= 4 is 39.9 Å². The van der Waals surface area contributed by atoms with Crippen molar-refractivity contribution in [2.45, 2.75) is 6.92 Å². The highest BCUT2D eigenvalue weighted by molar-refractivity contribution is 6.30. The van der Waals surface area contributed by atoms with E-state index in [9.17, 15) is 9.59 Å². The highest BCUT2D eigenvalue weighted by Gasteiger charge is 2.23. The van der Waals surface area contributed by atoms with Crippen LogP contribution in [-0.2, 0) is 4.79 Å². The van der Waals surface area contributed by atoms with Crippen LogP contribution in [0.4, 0.5) is 5.69 Å². The van der Waals surface area contributed by atoms with Gasteiger partial charge in [0, 0.05) is 16.0 Å². The summed E-state index contributed by atoms with van der Waals surface area (Å²) in [5.74, 6) is -0.0575. The standard InChI is InChI=1S/C24H18ClNO4/c1-15-6-2-4-8-19(15)29-14-21(27)26-22-18-7-3-5-9-20(18)30-24(22)23(28)16-10-12-17(25)13-11-16/h2-13H,14H2,1H3,(H,26,27). The van der Waals surface area contributed by atoms with Gasteiger partial charge in [0.15, 0.2) is 12.4 Å². The number of hydrogen-bond donors (Lipinski definition) is 1. The molecule has 4 rings (SSSR count). The average molecular weight is 420 g/mol. The van der Waals surface area contributed by atoms with Crippen molar-refractivity contribution in [2.24, 2.45) is 0 Å². The summed E-state index contributed by atoms with van der Waals surface area (Å²) >= 11 is 5.92. The second kappa shape index (κ2) is 8.43. The Morgan fingerprint density at radius 3 is 2.43 bits per heavy atom. The number of rotatable bonds is 6. The van der Waals surface area contributed by atoms with Crippen LogP contribution in [-0.4, -0.2) is 18.3 Å². The monoisotopic (exact) mass is 419 g/mol. The number of halogens is 1. The second-order valence-electron chi connectivity index (χ2n) is 6.74. The predicted molar refractivity (Wildman–Crippen MR) is 116 cm³/mol. The van der Waals surface area contributed by atoms with Crippen LogP contribution in [0.25, 0.3) is 11.0 Å². The highest BCUT2D eigenvalue weighted by Crippen LogP contribution is 2.32. The molecule has 0 atom stereocenters. The minimum atomic E-state index is -0.394. The second-order valence-corrected chi connectivity index (χ2v) is 7.18. The van der Waals surface area contributed by atoms with Crippen LogP contribution in [0.1, 0.15) is 21.7 Å². The average Bonchev–Trinajstić information content (AvgIpc) is 3.11. The van der Waals surface area contributed by atoms with Crippen molar-refractivity contribution in [2.75, 3.05) is 11.9 Å². The normalized spacial score (nSPS) is 10.7. The smallest absolute Gasteiger partial charge is 0.262 e. The summed E-state index contributed by atoms with van der Waals surface area (Å²) in [4.78, 5) is 25.6. The minimum absolute atomic E-state index is 0.0581. The van der Waals surface area contributed by atoms with Gasteiger partial charge in [-0.3, -0.25) is 9.59 Å². The number of furan rings is 1. The van der Waals surface area contributed by atoms with Gasteiger partial charge in [-0.25, -0.2) is 0 Å². The van der Waals surface area contributed by atoms with E-state index in [1.807, 2.05) is 31.2 Å². The van der Waals surface area contributed by atoms with Gasteiger partial charge in [0.1, 0.15) is 11.3 Å². The third-order valence-electron chi connectivity index (χ3n) is 4.62. The predicted octanol–water partition coefficient (Wildman–Crippen LogP) is 5.64. The van der Waals surface area contributed by atoms with Gasteiger partial charge < -0.3 is 14.5 Å². The minimum Gasteiger partial charge on any atom is -0.483 e. The molecule has 1 aromatic heterocycles. The number of para-hydroxylation sites is 2. The quantitative estimate of drug-likeness (QED) is 0.410. The highest BCUT2D eigenvalue weighted by atomic mass is 35.5. The molecule has 0 radical (unpaired) electrons. The lowest BCUT2D eigenvalue weighted by atomic mass is 10.1. The number of benzene rings is 3. The van der Waals surface area contributed by atoms with Gasteiger partial charge in [-0.1, -0.05) is 41.9 Å². The Bertz CT molecular complexity index is 1230. The Hall–Kier alpha value is -3.57. The molecule has 0 aliphatic heterocycles. The summed E-state index contributed by atoms with van der Waals surface area (Å²) < 4.78 is 11.4. The number of ketones is 1. The Morgan fingerprint density at radius 2 is 1.67 bits per heavy atom. The maximum absolute atomic E-state index is 13.0. The molecule has 30 heavy (non-hydrogen) atoms. The van der Waals surface area contributed by atoms with Gasteiger partial charge in [0.25, 0.3) is 5.91 Å². The number of nitrogens with one attached hydrogen (secondary N) is 1. The number of amides is 1. The number of hydrogen-bond acceptors (Lipinski definition) is 4. The molecule has 6 heteroatoms. The summed E-state index contributed by atoms with van der Waals surface area (Å²) in [5, 5.41) is 3.94. The first-order chi connectivity index (χ1) is 14.5. The zero-order valence-corrected chi connectivity index (χ0v) is 16.9. The lowest BCUT2D eigenvalue weighted by molar-refractivity contribution is -0.118. The van der Waals surface area contributed by atoms with Crippen LogP contribution in [0.15, 0.2) is 77.2 Å². The van der Waals surface area contributed by atoms with Crippen molar-refractivity contribution < 1.29 is 18.7 Å². The van der Waals surface area contributed by atoms with E-state index in [4.69, 9.17) is 20.8 Å². The van der Waals surface area contributed by atoms with Gasteiger partial charge in [0.2, 0.25) is 5.78 Å². The molecule has 5 nitrogen and oxygen atoms in total. The molecule has 0 saturated carbocycles. The molecule has 0 aliphatic rings. The third-order valence-corrected chi connectivity index (χ3v) is 4.88. The van der Waals surface area contributed by atoms with E-state index >= 15 is 0 Å². The molecule has 0 spiro atoms. The Morgan fingerprint density at radius 1 is 0.967 bits per heavy atom. The molecule has 0 fully saturated rings. The van der Waals surface area contributed by atoms with Crippen LogP contribution in [0, 0.1) is 6.92 Å². The van der Waals surface area contributed by atoms with E-state index in [2.05, 4.69) is 5.32 Å². The first-order valence-corrected chi connectivity index (χ1v) is 9.71. The summed E-state index contributed by atoms with van der Waals surface area (Å²) in [7, 11) is 0. The Labute approximate surface area is 178 Å². The molecule has 0 unspecified atom stereocenters. The summed E-state index contributed by atoms with van der Waals surface area (Å²) in [5.41, 5.74) is 2.16. The van der Waals surface area contributed by atoms with Crippen LogP contribution < -0.4 is 10.1 Å². The van der Waals surface area contributed by atoms with E-state index < -0.39 is 5.91 Å². The van der Waals surface area contributed by atoms with Crippen LogP contribution in [0.3, 0.4) is 0 Å². The van der Waals surface area contributed by atoms with Gasteiger partial charge in [-0.05, 0) is 55.0 Å². The number of fused-ring (bicyclic) bond motifs is 1. The van der Waals surface area contributed by atoms with Crippen molar-refractivity contribution in [3.8, 4) is 5.75 Å². The first kappa shape index (κ1) is 19.7. The molecular formula is C24H18ClNO4. The van der Waals surface area contributed by atoms with E-state index in [1.165, 1.54) is 0 Å². The summed E-state index contributed by atoms with van der Waals surface area (Å²) in [6, 6.07) is 21.1. The summed E-state index contributed by atoms with van der Waals surface area (Å²) in [6.07, 6.45) is 0. The molecule has 1 amide bonds. The number of aryl methyl sites for hydroxylation is 1. The lowest BCUT2D eigenvalue weighted by Crippen LogP contribution is -2.21. The third kappa shape index (κ3) is 4.07. The maximum atomic E-state index is 13.0. The number of carbonyl (C=O) groups excluding carboxylic acids is 2. The zero-order chi connectivity index (χ0) is 21.1. The van der Waals surface area contributed by atoms with E-state index in [1.54, 1.807) is 48.5 Å². The zero-order valence-electron chi connectivity index (χ0n) is 16.1. The van der Waals surface area contributed by atoms with Crippen molar-refractivity contribution in [1.29, 1.82) is 0 Å². The fourth-order valence-corrected chi connectivity index (χ4v) is 3.22. The van der Waals surface area contributed by atoms with Crippen LogP contribution >= 0.6 is 11.6 Å². The molecule has 1 heterocycles. The molecule has 0 aliphatic carbocycles. The maximum Gasteiger partial charge on any atom is 0.262 e. The van der Waals surface area contributed by atoms with Crippen molar-refractivity contribution in [3.05, 3.63) is 94.7 Å². The first-order valence-electron chi connectivity index (χ1n) is 9.33. The molecule has 0 saturated heterocycles. The number of carbonyl (C=O) groups is 2. The number of anilines is 1. The van der Waals surface area contributed by atoms with Gasteiger partial charge in [-0.2, -0.15) is 0 Å². The van der Waals surface area contributed by atoms with Crippen molar-refractivity contribution in [3.63, 3.8) is 0 Å². The van der Waals surface area contributed by atoms with Crippen molar-refractivity contribution in [1.82, 2.24) is 0 Å². The largest absolute Gasteiger partial charge is 0.483 e. The molecule has 3 aromatic carbocycles. The van der Waals surface area contributed by atoms with Gasteiger partial charge in [-0.15, -0.1) is 0 Å². The van der Waals surface area contributed by atoms with E-state index in [0.717, 1.165) is 5.56 Å². The lowest BCUT2D eigenvalue weighted by Gasteiger charge is -2.09. The van der Waals surface area contributed by atoms with E-state index in [0.29, 0.717) is 33.0 Å². The van der Waals surface area contributed by atoms with E-state index in [-0.39, 0.29) is 18.2 Å². The molecular weight excluding hydrogens is 402 g/mol. The summed E-state index contributed by atoms with van der Waals surface area (Å²) in [6.45, 7) is 1.71. The number of ether oxygens (including phenoxy) is 1. The molecule has 1 N–H and O–H groups in total. The fraction of sp³-hybridized carbons (Fsp3) is 0.0833. The SMILES string of the molecule is Cc1ccccc1OCC(=O)Nc1c(C(=O)c2ccc(Cl)cc2)oc2ccccc12. The molecule has 150 valence electrons. The Balaban J connectivity index is 1.61. The van der Waals surface area contributed by atoms with Gasteiger partial charge >= 0.3 is 0 Å². The van der Waals surface area contributed by atoms with Gasteiger partial charge in [0.05, 0.1) is 5.69 Å². The fourth-order valence-electron chi connectivity index (χ4n) is 3.10. The molecule has 0 bridgehead atoms. The molecule has 4 aromatic rings. The van der Waals surface area contributed by atoms with Crippen LogP contribution in [0.5, 0.6) is 5.75 Å². The Kier molecular flexibility index (Phi) is 5.55. The topological polar surface area (TPSA) is 68.5 Å². The van der Waals surface area contributed by atoms with Crippen LogP contribution in [0.2, 0.25) is 5.02 Å².